The highest BCUT2D eigenvalue weighted by Gasteiger charge is 2.30. The van der Waals surface area contributed by atoms with Crippen LogP contribution in [-0.2, 0) is 12.7 Å². The molecule has 0 aliphatic heterocycles. The minimum atomic E-state index is -4.57. The molecule has 0 atom stereocenters. The zero-order valence-electron chi connectivity index (χ0n) is 16.6. The fourth-order valence-corrected chi connectivity index (χ4v) is 2.81. The third kappa shape index (κ3) is 5.85. The molecule has 0 fully saturated rings. The molecule has 3 aromatic rings. The van der Waals surface area contributed by atoms with E-state index in [9.17, 15) is 38.0 Å². The number of amides is 1. The SMILES string of the molecule is O=C([O-])c1ccc(CN(C(=O)Oc2ccc([N+](=O)[O-])cc2)c2ccc(C(F)(F)F)cc2)cc1. The van der Waals surface area contributed by atoms with Crippen LogP contribution in [-0.4, -0.2) is 17.0 Å². The smallest absolute Gasteiger partial charge is 0.420 e. The molecule has 0 spiro atoms. The van der Waals surface area contributed by atoms with Gasteiger partial charge in [0.15, 0.2) is 0 Å². The third-order valence-electron chi connectivity index (χ3n) is 4.51. The number of alkyl halides is 3. The highest BCUT2D eigenvalue weighted by Crippen LogP contribution is 2.31. The van der Waals surface area contributed by atoms with Gasteiger partial charge in [-0.15, -0.1) is 0 Å². The van der Waals surface area contributed by atoms with Crippen molar-refractivity contribution in [1.82, 2.24) is 0 Å². The molecule has 11 heteroatoms. The summed E-state index contributed by atoms with van der Waals surface area (Å²) in [6, 6.07) is 13.8. The van der Waals surface area contributed by atoms with Crippen molar-refractivity contribution in [3.8, 4) is 5.75 Å². The summed E-state index contributed by atoms with van der Waals surface area (Å²) in [6.07, 6.45) is -5.53. The zero-order chi connectivity index (χ0) is 24.2. The van der Waals surface area contributed by atoms with E-state index in [4.69, 9.17) is 4.74 Å². The van der Waals surface area contributed by atoms with Crippen molar-refractivity contribution in [2.45, 2.75) is 12.7 Å². The van der Waals surface area contributed by atoms with Gasteiger partial charge in [0.1, 0.15) is 5.75 Å². The Morgan fingerprint density at radius 3 is 1.97 bits per heavy atom. The summed E-state index contributed by atoms with van der Waals surface area (Å²) < 4.78 is 43.9. The van der Waals surface area contributed by atoms with E-state index in [0.717, 1.165) is 41.3 Å². The van der Waals surface area contributed by atoms with E-state index in [1.807, 2.05) is 0 Å². The lowest BCUT2D eigenvalue weighted by molar-refractivity contribution is -0.384. The number of non-ortho nitro benzene ring substituents is 1. The van der Waals surface area contributed by atoms with E-state index in [0.29, 0.717) is 5.56 Å². The van der Waals surface area contributed by atoms with Crippen molar-refractivity contribution in [3.05, 3.63) is 99.6 Å². The zero-order valence-corrected chi connectivity index (χ0v) is 16.6. The van der Waals surface area contributed by atoms with E-state index >= 15 is 0 Å². The summed E-state index contributed by atoms with van der Waals surface area (Å²) in [4.78, 5) is 34.9. The summed E-state index contributed by atoms with van der Waals surface area (Å²) in [5.41, 5.74) is -0.677. The standard InChI is InChI=1S/C22H15F3N2O6/c23-22(24,25)16-5-7-17(8-6-16)26(13-14-1-3-15(4-2-14)20(28)29)21(30)33-19-11-9-18(10-12-19)27(31)32/h1-12H,13H2,(H,28,29)/p-1. The lowest BCUT2D eigenvalue weighted by Gasteiger charge is -2.23. The average molecular weight is 459 g/mol. The maximum absolute atomic E-state index is 12.9. The number of carboxylic acids is 1. The fourth-order valence-electron chi connectivity index (χ4n) is 2.81. The van der Waals surface area contributed by atoms with E-state index in [1.165, 1.54) is 36.4 Å². The van der Waals surface area contributed by atoms with Gasteiger partial charge >= 0.3 is 12.3 Å². The summed E-state index contributed by atoms with van der Waals surface area (Å²) in [6.45, 7) is -0.162. The van der Waals surface area contributed by atoms with Crippen LogP contribution in [0.5, 0.6) is 5.75 Å². The second kappa shape index (κ2) is 9.39. The average Bonchev–Trinajstić information content (AvgIpc) is 2.77. The van der Waals surface area contributed by atoms with E-state index in [1.54, 1.807) is 0 Å². The molecule has 0 saturated heterocycles. The Morgan fingerprint density at radius 1 is 0.909 bits per heavy atom. The number of aromatic carboxylic acids is 1. The number of rotatable bonds is 6. The predicted molar refractivity (Wildman–Crippen MR) is 108 cm³/mol. The van der Waals surface area contributed by atoms with Crippen LogP contribution in [0.15, 0.2) is 72.8 Å². The number of carboxylic acid groups (broad SMARTS) is 1. The first-order chi connectivity index (χ1) is 15.5. The summed E-state index contributed by atoms with van der Waals surface area (Å²) in [5, 5.41) is 21.7. The fraction of sp³-hybridized carbons (Fsp3) is 0.0909. The number of nitro groups is 1. The molecule has 0 heterocycles. The molecule has 0 aliphatic carbocycles. The lowest BCUT2D eigenvalue weighted by Crippen LogP contribution is -2.33. The van der Waals surface area contributed by atoms with Gasteiger partial charge < -0.3 is 14.6 Å². The van der Waals surface area contributed by atoms with Gasteiger partial charge in [-0.1, -0.05) is 24.3 Å². The molecule has 33 heavy (non-hydrogen) atoms. The van der Waals surface area contributed by atoms with Crippen molar-refractivity contribution in [2.24, 2.45) is 0 Å². The molecule has 3 rings (SSSR count). The number of ether oxygens (including phenoxy) is 1. The number of halogens is 3. The molecule has 0 aliphatic rings. The maximum atomic E-state index is 12.9. The number of benzene rings is 3. The third-order valence-corrected chi connectivity index (χ3v) is 4.51. The van der Waals surface area contributed by atoms with Crippen molar-refractivity contribution >= 4 is 23.4 Å². The summed E-state index contributed by atoms with van der Waals surface area (Å²) >= 11 is 0. The Bertz CT molecular complexity index is 1160. The highest BCUT2D eigenvalue weighted by atomic mass is 19.4. The molecule has 0 unspecified atom stereocenters. The Kier molecular flexibility index (Phi) is 6.61. The molecule has 0 bridgehead atoms. The number of nitrogens with zero attached hydrogens (tertiary/aromatic N) is 2. The first-order valence-electron chi connectivity index (χ1n) is 9.26. The maximum Gasteiger partial charge on any atom is 0.420 e. The van der Waals surface area contributed by atoms with Crippen LogP contribution in [0.2, 0.25) is 0 Å². The van der Waals surface area contributed by atoms with Crippen LogP contribution in [0.25, 0.3) is 0 Å². The van der Waals surface area contributed by atoms with Crippen molar-refractivity contribution in [1.29, 1.82) is 0 Å². The molecule has 0 radical (unpaired) electrons. The number of hydrogen-bond acceptors (Lipinski definition) is 6. The number of carbonyl (C=O) groups excluding carboxylic acids is 2. The summed E-state index contributed by atoms with van der Waals surface area (Å²) in [5.74, 6) is -1.41. The van der Waals surface area contributed by atoms with Crippen LogP contribution in [0, 0.1) is 10.1 Å². The Balaban J connectivity index is 1.89. The molecular formula is C22H14F3N2O6-. The Labute approximate surface area is 184 Å². The van der Waals surface area contributed by atoms with Crippen LogP contribution < -0.4 is 14.7 Å². The number of anilines is 1. The van der Waals surface area contributed by atoms with Gasteiger partial charge in [0, 0.05) is 17.8 Å². The molecule has 170 valence electrons. The molecule has 0 N–H and O–H groups in total. The van der Waals surface area contributed by atoms with Crippen molar-refractivity contribution in [2.75, 3.05) is 4.90 Å². The van der Waals surface area contributed by atoms with Crippen LogP contribution >= 0.6 is 0 Å². The minimum Gasteiger partial charge on any atom is -0.545 e. The van der Waals surface area contributed by atoms with Gasteiger partial charge in [-0.2, -0.15) is 13.2 Å². The van der Waals surface area contributed by atoms with Crippen molar-refractivity contribution < 1.29 is 37.5 Å². The monoisotopic (exact) mass is 459 g/mol. The van der Waals surface area contributed by atoms with Gasteiger partial charge in [-0.3, -0.25) is 15.0 Å². The topological polar surface area (TPSA) is 113 Å². The van der Waals surface area contributed by atoms with Gasteiger partial charge in [0.2, 0.25) is 0 Å². The van der Waals surface area contributed by atoms with Crippen molar-refractivity contribution in [3.63, 3.8) is 0 Å². The Morgan fingerprint density at radius 2 is 1.48 bits per heavy atom. The molecule has 0 saturated carbocycles. The molecule has 0 aromatic heterocycles. The second-order valence-corrected chi connectivity index (χ2v) is 6.73. The van der Waals surface area contributed by atoms with Gasteiger partial charge in [0.25, 0.3) is 5.69 Å². The van der Waals surface area contributed by atoms with Crippen LogP contribution in [0.1, 0.15) is 21.5 Å². The quantitative estimate of drug-likeness (QED) is 0.404. The first-order valence-corrected chi connectivity index (χ1v) is 9.26. The predicted octanol–water partition coefficient (Wildman–Crippen LogP) is 4.18. The van der Waals surface area contributed by atoms with E-state index in [-0.39, 0.29) is 29.2 Å². The molecule has 8 nitrogen and oxygen atoms in total. The lowest BCUT2D eigenvalue weighted by atomic mass is 10.1. The van der Waals surface area contributed by atoms with E-state index < -0.39 is 28.7 Å². The largest absolute Gasteiger partial charge is 0.545 e. The van der Waals surface area contributed by atoms with E-state index in [2.05, 4.69) is 0 Å². The summed E-state index contributed by atoms with van der Waals surface area (Å²) in [7, 11) is 0. The first kappa shape index (κ1) is 23.3. The Hall–Kier alpha value is -4.41. The van der Waals surface area contributed by atoms with Gasteiger partial charge in [-0.05, 0) is 47.5 Å². The number of nitro benzene ring substituents is 1. The van der Waals surface area contributed by atoms with Gasteiger partial charge in [-0.25, -0.2) is 4.79 Å². The molecule has 3 aromatic carbocycles. The van der Waals surface area contributed by atoms with Crippen LogP contribution in [0.4, 0.5) is 29.3 Å². The number of hydrogen-bond donors (Lipinski definition) is 0. The highest BCUT2D eigenvalue weighted by molar-refractivity contribution is 5.89. The number of carbonyl (C=O) groups is 2. The second-order valence-electron chi connectivity index (χ2n) is 6.73. The molecule has 1 amide bonds. The molecular weight excluding hydrogens is 445 g/mol. The van der Waals surface area contributed by atoms with Gasteiger partial charge in [0.05, 0.1) is 23.0 Å². The minimum absolute atomic E-state index is 0.0187. The normalized spacial score (nSPS) is 11.0. The van der Waals surface area contributed by atoms with Crippen LogP contribution in [0.3, 0.4) is 0 Å².